The summed E-state index contributed by atoms with van der Waals surface area (Å²) in [6.07, 6.45) is 1.83. The SMILES string of the molecule is CC(C)C1CC(O)(c2ccc(C(C)(C)C)cc2)C1. The predicted molar refractivity (Wildman–Crippen MR) is 76.6 cm³/mol. The number of benzene rings is 1. The Morgan fingerprint density at radius 3 is 2.00 bits per heavy atom. The van der Waals surface area contributed by atoms with Gasteiger partial charge in [0, 0.05) is 0 Å². The average Bonchev–Trinajstić information content (AvgIpc) is 2.23. The zero-order valence-electron chi connectivity index (χ0n) is 12.3. The van der Waals surface area contributed by atoms with Crippen molar-refractivity contribution in [2.45, 2.75) is 58.5 Å². The molecule has 0 aliphatic heterocycles. The summed E-state index contributed by atoms with van der Waals surface area (Å²) in [5.41, 5.74) is 2.04. The first-order chi connectivity index (χ1) is 8.22. The lowest BCUT2D eigenvalue weighted by atomic mass is 9.63. The fourth-order valence-corrected chi connectivity index (χ4v) is 2.80. The number of aliphatic hydroxyl groups is 1. The summed E-state index contributed by atoms with van der Waals surface area (Å²) in [6.45, 7) is 11.1. The third-order valence-corrected chi connectivity index (χ3v) is 4.43. The highest BCUT2D eigenvalue weighted by atomic mass is 16.3. The zero-order chi connectivity index (χ0) is 13.6. The molecule has 0 heterocycles. The molecule has 1 heteroatoms. The first kappa shape index (κ1) is 13.6. The minimum absolute atomic E-state index is 0.182. The van der Waals surface area contributed by atoms with E-state index in [9.17, 15) is 5.11 Å². The molecule has 0 spiro atoms. The van der Waals surface area contributed by atoms with Crippen LogP contribution >= 0.6 is 0 Å². The molecule has 1 aliphatic carbocycles. The third-order valence-electron chi connectivity index (χ3n) is 4.43. The summed E-state index contributed by atoms with van der Waals surface area (Å²) < 4.78 is 0. The molecule has 0 bridgehead atoms. The van der Waals surface area contributed by atoms with Crippen molar-refractivity contribution in [1.29, 1.82) is 0 Å². The van der Waals surface area contributed by atoms with E-state index < -0.39 is 5.60 Å². The molecule has 0 unspecified atom stereocenters. The van der Waals surface area contributed by atoms with Crippen LogP contribution in [0.5, 0.6) is 0 Å². The fourth-order valence-electron chi connectivity index (χ4n) is 2.80. The van der Waals surface area contributed by atoms with Crippen molar-refractivity contribution < 1.29 is 5.11 Å². The van der Waals surface area contributed by atoms with Crippen LogP contribution in [0, 0.1) is 11.8 Å². The van der Waals surface area contributed by atoms with Crippen LogP contribution in [0.4, 0.5) is 0 Å². The van der Waals surface area contributed by atoms with Crippen LogP contribution in [0.15, 0.2) is 24.3 Å². The fraction of sp³-hybridized carbons (Fsp3) is 0.647. The van der Waals surface area contributed by atoms with Crippen LogP contribution in [0.1, 0.15) is 58.6 Å². The summed E-state index contributed by atoms with van der Waals surface area (Å²) in [5.74, 6) is 1.36. The maximum Gasteiger partial charge on any atom is 0.0902 e. The zero-order valence-corrected chi connectivity index (χ0v) is 12.3. The normalized spacial score (nSPS) is 28.3. The second-order valence-electron chi connectivity index (χ2n) is 7.27. The van der Waals surface area contributed by atoms with Gasteiger partial charge < -0.3 is 5.11 Å². The Labute approximate surface area is 111 Å². The van der Waals surface area contributed by atoms with E-state index in [0.717, 1.165) is 18.4 Å². The molecule has 1 nitrogen and oxygen atoms in total. The van der Waals surface area contributed by atoms with Crippen molar-refractivity contribution in [2.24, 2.45) is 11.8 Å². The molecule has 100 valence electrons. The van der Waals surface area contributed by atoms with Crippen LogP contribution in [-0.2, 0) is 11.0 Å². The summed E-state index contributed by atoms with van der Waals surface area (Å²) in [5, 5.41) is 10.6. The van der Waals surface area contributed by atoms with E-state index in [1.54, 1.807) is 0 Å². The largest absolute Gasteiger partial charge is 0.385 e. The van der Waals surface area contributed by atoms with E-state index in [1.807, 2.05) is 0 Å². The molecular formula is C17H26O. The summed E-state index contributed by atoms with van der Waals surface area (Å²) in [7, 11) is 0. The summed E-state index contributed by atoms with van der Waals surface area (Å²) in [4.78, 5) is 0. The molecule has 0 atom stereocenters. The topological polar surface area (TPSA) is 20.2 Å². The molecule has 1 aromatic carbocycles. The van der Waals surface area contributed by atoms with Gasteiger partial charge in [-0.25, -0.2) is 0 Å². The Kier molecular flexibility index (Phi) is 3.31. The molecule has 18 heavy (non-hydrogen) atoms. The first-order valence-electron chi connectivity index (χ1n) is 7.06. The van der Waals surface area contributed by atoms with Gasteiger partial charge in [0.15, 0.2) is 0 Å². The van der Waals surface area contributed by atoms with Crippen molar-refractivity contribution in [2.75, 3.05) is 0 Å². The van der Waals surface area contributed by atoms with Gasteiger partial charge in [-0.3, -0.25) is 0 Å². The molecule has 0 radical (unpaired) electrons. The number of hydrogen-bond acceptors (Lipinski definition) is 1. The minimum atomic E-state index is -0.564. The van der Waals surface area contributed by atoms with Crippen molar-refractivity contribution in [3.8, 4) is 0 Å². The monoisotopic (exact) mass is 246 g/mol. The van der Waals surface area contributed by atoms with Gasteiger partial charge in [-0.05, 0) is 41.2 Å². The molecule has 1 fully saturated rings. The number of hydrogen-bond donors (Lipinski definition) is 1. The first-order valence-corrected chi connectivity index (χ1v) is 7.06. The summed E-state index contributed by atoms with van der Waals surface area (Å²) >= 11 is 0. The standard InChI is InChI=1S/C17H26O/c1-12(2)13-10-17(18,11-13)15-8-6-14(7-9-15)16(3,4)5/h6-9,12-13,18H,10-11H2,1-5H3. The molecule has 0 saturated heterocycles. The third kappa shape index (κ3) is 2.47. The second kappa shape index (κ2) is 4.38. The molecule has 1 aromatic rings. The number of rotatable bonds is 2. The van der Waals surface area contributed by atoms with Gasteiger partial charge in [-0.2, -0.15) is 0 Å². The van der Waals surface area contributed by atoms with E-state index in [2.05, 4.69) is 58.9 Å². The molecule has 1 N–H and O–H groups in total. The lowest BCUT2D eigenvalue weighted by Gasteiger charge is -2.46. The van der Waals surface area contributed by atoms with E-state index in [1.165, 1.54) is 5.56 Å². The maximum atomic E-state index is 10.6. The average molecular weight is 246 g/mol. The second-order valence-corrected chi connectivity index (χ2v) is 7.27. The van der Waals surface area contributed by atoms with E-state index in [0.29, 0.717) is 11.8 Å². The molecule has 1 saturated carbocycles. The maximum absolute atomic E-state index is 10.6. The van der Waals surface area contributed by atoms with Crippen molar-refractivity contribution in [1.82, 2.24) is 0 Å². The Hall–Kier alpha value is -0.820. The van der Waals surface area contributed by atoms with Crippen LogP contribution < -0.4 is 0 Å². The Morgan fingerprint density at radius 1 is 1.11 bits per heavy atom. The van der Waals surface area contributed by atoms with Crippen molar-refractivity contribution >= 4 is 0 Å². The minimum Gasteiger partial charge on any atom is -0.385 e. The Balaban J connectivity index is 2.12. The van der Waals surface area contributed by atoms with Crippen LogP contribution in [-0.4, -0.2) is 5.11 Å². The van der Waals surface area contributed by atoms with E-state index in [-0.39, 0.29) is 5.41 Å². The van der Waals surface area contributed by atoms with Crippen molar-refractivity contribution in [3.05, 3.63) is 35.4 Å². The van der Waals surface area contributed by atoms with E-state index >= 15 is 0 Å². The molecule has 0 aromatic heterocycles. The van der Waals surface area contributed by atoms with Crippen LogP contribution in [0.3, 0.4) is 0 Å². The molecule has 2 rings (SSSR count). The molecule has 1 aliphatic rings. The lowest BCUT2D eigenvalue weighted by molar-refractivity contribution is -0.0933. The highest BCUT2D eigenvalue weighted by Gasteiger charge is 2.44. The van der Waals surface area contributed by atoms with Crippen LogP contribution in [0.25, 0.3) is 0 Å². The predicted octanol–water partition coefficient (Wildman–Crippen LogP) is 4.24. The van der Waals surface area contributed by atoms with Gasteiger partial charge in [0.05, 0.1) is 5.60 Å². The Morgan fingerprint density at radius 2 is 1.61 bits per heavy atom. The lowest BCUT2D eigenvalue weighted by Crippen LogP contribution is -2.43. The van der Waals surface area contributed by atoms with Gasteiger partial charge in [0.25, 0.3) is 0 Å². The molecular weight excluding hydrogens is 220 g/mol. The van der Waals surface area contributed by atoms with Gasteiger partial charge in [0.2, 0.25) is 0 Å². The highest BCUT2D eigenvalue weighted by Crippen LogP contribution is 2.48. The van der Waals surface area contributed by atoms with Crippen molar-refractivity contribution in [3.63, 3.8) is 0 Å². The smallest absolute Gasteiger partial charge is 0.0902 e. The quantitative estimate of drug-likeness (QED) is 0.827. The van der Waals surface area contributed by atoms with Gasteiger partial charge >= 0.3 is 0 Å². The van der Waals surface area contributed by atoms with Gasteiger partial charge in [0.1, 0.15) is 0 Å². The molecule has 0 amide bonds. The highest BCUT2D eigenvalue weighted by molar-refractivity contribution is 5.32. The van der Waals surface area contributed by atoms with Gasteiger partial charge in [-0.1, -0.05) is 58.9 Å². The van der Waals surface area contributed by atoms with Gasteiger partial charge in [-0.15, -0.1) is 0 Å². The summed E-state index contributed by atoms with van der Waals surface area (Å²) in [6, 6.07) is 8.54. The van der Waals surface area contributed by atoms with E-state index in [4.69, 9.17) is 0 Å². The van der Waals surface area contributed by atoms with Crippen LogP contribution in [0.2, 0.25) is 0 Å². The Bertz CT molecular complexity index is 402.